The molecule has 2 rings (SSSR count). The summed E-state index contributed by atoms with van der Waals surface area (Å²) in [5.74, 6) is -0.0885. The van der Waals surface area contributed by atoms with Gasteiger partial charge in [-0.1, -0.05) is 12.1 Å². The summed E-state index contributed by atoms with van der Waals surface area (Å²) in [5, 5.41) is 5.60. The first-order valence-electron chi connectivity index (χ1n) is 8.86. The van der Waals surface area contributed by atoms with E-state index in [1.165, 1.54) is 0 Å². The Morgan fingerprint density at radius 3 is 2.39 bits per heavy atom. The third-order valence-corrected chi connectivity index (χ3v) is 3.88. The molecule has 0 saturated heterocycles. The minimum Gasteiger partial charge on any atom is -0.483 e. The Bertz CT molecular complexity index is 863. The van der Waals surface area contributed by atoms with Gasteiger partial charge in [-0.25, -0.2) is 4.79 Å². The minimum absolute atomic E-state index is 0.145. The topological polar surface area (TPSA) is 76.7 Å². The number of esters is 1. The molecule has 1 amide bonds. The molecule has 0 aliphatic rings. The van der Waals surface area contributed by atoms with Gasteiger partial charge in [-0.2, -0.15) is 0 Å². The lowest BCUT2D eigenvalue weighted by atomic mass is 10.1. The molecule has 0 fully saturated rings. The van der Waals surface area contributed by atoms with Crippen molar-refractivity contribution in [1.82, 2.24) is 5.32 Å². The van der Waals surface area contributed by atoms with Gasteiger partial charge in [0.25, 0.3) is 5.91 Å². The molecular formula is C21H24N2O4S. The van der Waals surface area contributed by atoms with Crippen LogP contribution in [0.25, 0.3) is 0 Å². The standard InChI is InChI=1S/C21H24N2O4S/c1-13(2)27-20(25)16-7-9-17(10-8-16)22-21(28)23-19(24)12-26-18-11-14(3)5-6-15(18)4/h5-11,13H,12H2,1-4H3,(H2,22,23,24,28). The van der Waals surface area contributed by atoms with Crippen LogP contribution in [0.1, 0.15) is 35.3 Å². The second kappa shape index (κ2) is 9.85. The summed E-state index contributed by atoms with van der Waals surface area (Å²) >= 11 is 5.14. The molecule has 0 atom stereocenters. The van der Waals surface area contributed by atoms with Gasteiger partial charge in [-0.05, 0) is 81.4 Å². The predicted molar refractivity (Wildman–Crippen MR) is 113 cm³/mol. The van der Waals surface area contributed by atoms with Gasteiger partial charge in [0.05, 0.1) is 11.7 Å². The number of aryl methyl sites for hydroxylation is 2. The summed E-state index contributed by atoms with van der Waals surface area (Å²) in [6.07, 6.45) is -0.182. The first-order chi connectivity index (χ1) is 13.2. The largest absolute Gasteiger partial charge is 0.483 e. The molecule has 0 saturated carbocycles. The molecule has 7 heteroatoms. The molecule has 0 bridgehead atoms. The highest BCUT2D eigenvalue weighted by Gasteiger charge is 2.10. The summed E-state index contributed by atoms with van der Waals surface area (Å²) in [6.45, 7) is 7.31. The van der Waals surface area contributed by atoms with Crippen LogP contribution in [-0.2, 0) is 9.53 Å². The van der Waals surface area contributed by atoms with Crippen molar-refractivity contribution >= 4 is 34.9 Å². The normalized spacial score (nSPS) is 10.3. The van der Waals surface area contributed by atoms with Gasteiger partial charge in [0.2, 0.25) is 0 Å². The van der Waals surface area contributed by atoms with E-state index < -0.39 is 0 Å². The van der Waals surface area contributed by atoms with Crippen molar-refractivity contribution in [3.8, 4) is 5.75 Å². The molecule has 148 valence electrons. The summed E-state index contributed by atoms with van der Waals surface area (Å²) in [5.41, 5.74) is 3.09. The maximum atomic E-state index is 12.0. The number of benzene rings is 2. The maximum Gasteiger partial charge on any atom is 0.338 e. The number of hydrogen-bond donors (Lipinski definition) is 2. The number of carbonyl (C=O) groups excluding carboxylic acids is 2. The molecule has 0 aliphatic carbocycles. The Morgan fingerprint density at radius 1 is 1.07 bits per heavy atom. The van der Waals surface area contributed by atoms with Crippen LogP contribution in [0.5, 0.6) is 5.75 Å². The van der Waals surface area contributed by atoms with Crippen molar-refractivity contribution in [3.05, 3.63) is 59.2 Å². The zero-order valence-corrected chi connectivity index (χ0v) is 17.2. The van der Waals surface area contributed by atoms with Crippen LogP contribution in [0.4, 0.5) is 5.69 Å². The number of amides is 1. The fourth-order valence-corrected chi connectivity index (χ4v) is 2.53. The van der Waals surface area contributed by atoms with E-state index in [0.717, 1.165) is 11.1 Å². The third kappa shape index (κ3) is 6.66. The number of anilines is 1. The molecule has 6 nitrogen and oxygen atoms in total. The Labute approximate surface area is 170 Å². The van der Waals surface area contributed by atoms with Crippen molar-refractivity contribution in [3.63, 3.8) is 0 Å². The number of thiocarbonyl (C=S) groups is 1. The Balaban J connectivity index is 1.83. The monoisotopic (exact) mass is 400 g/mol. The quantitative estimate of drug-likeness (QED) is 0.568. The van der Waals surface area contributed by atoms with Gasteiger partial charge >= 0.3 is 5.97 Å². The Morgan fingerprint density at radius 2 is 1.75 bits per heavy atom. The predicted octanol–water partition coefficient (Wildman–Crippen LogP) is 3.76. The summed E-state index contributed by atoms with van der Waals surface area (Å²) in [4.78, 5) is 23.9. The second-order valence-electron chi connectivity index (χ2n) is 6.59. The maximum absolute atomic E-state index is 12.0. The van der Waals surface area contributed by atoms with Gasteiger partial charge < -0.3 is 14.8 Å². The number of ether oxygens (including phenoxy) is 2. The van der Waals surface area contributed by atoms with Crippen LogP contribution >= 0.6 is 12.2 Å². The SMILES string of the molecule is Cc1ccc(C)c(OCC(=O)NC(=S)Nc2ccc(C(=O)OC(C)C)cc2)c1. The Hall–Kier alpha value is -2.93. The lowest BCUT2D eigenvalue weighted by Gasteiger charge is -2.12. The smallest absolute Gasteiger partial charge is 0.338 e. The average Bonchev–Trinajstić information content (AvgIpc) is 2.62. The third-order valence-electron chi connectivity index (χ3n) is 3.68. The van der Waals surface area contributed by atoms with E-state index in [2.05, 4.69) is 10.6 Å². The van der Waals surface area contributed by atoms with Gasteiger partial charge in [-0.15, -0.1) is 0 Å². The van der Waals surface area contributed by atoms with Crippen molar-refractivity contribution in [2.24, 2.45) is 0 Å². The van der Waals surface area contributed by atoms with Crippen LogP contribution in [0.2, 0.25) is 0 Å². The highest BCUT2D eigenvalue weighted by Crippen LogP contribution is 2.18. The molecule has 2 aromatic rings. The van der Waals surface area contributed by atoms with Crippen molar-refractivity contribution in [2.75, 3.05) is 11.9 Å². The minimum atomic E-state index is -0.388. The zero-order chi connectivity index (χ0) is 20.7. The molecule has 0 unspecified atom stereocenters. The van der Waals surface area contributed by atoms with Crippen LogP contribution in [-0.4, -0.2) is 29.7 Å². The Kier molecular flexibility index (Phi) is 7.52. The van der Waals surface area contributed by atoms with Crippen LogP contribution in [0.3, 0.4) is 0 Å². The highest BCUT2D eigenvalue weighted by atomic mass is 32.1. The zero-order valence-electron chi connectivity index (χ0n) is 16.4. The number of carbonyl (C=O) groups is 2. The number of rotatable bonds is 6. The lowest BCUT2D eigenvalue weighted by molar-refractivity contribution is -0.121. The molecule has 2 aromatic carbocycles. The second-order valence-corrected chi connectivity index (χ2v) is 7.00. The molecule has 28 heavy (non-hydrogen) atoms. The van der Waals surface area contributed by atoms with E-state index in [4.69, 9.17) is 21.7 Å². The van der Waals surface area contributed by atoms with Crippen molar-refractivity contribution in [1.29, 1.82) is 0 Å². The number of hydrogen-bond acceptors (Lipinski definition) is 5. The van der Waals surface area contributed by atoms with E-state index in [9.17, 15) is 9.59 Å². The molecule has 0 aromatic heterocycles. The van der Waals surface area contributed by atoms with Gasteiger partial charge in [0.1, 0.15) is 5.75 Å². The van der Waals surface area contributed by atoms with Crippen LogP contribution in [0, 0.1) is 13.8 Å². The molecule has 2 N–H and O–H groups in total. The van der Waals surface area contributed by atoms with Gasteiger partial charge in [0.15, 0.2) is 11.7 Å². The van der Waals surface area contributed by atoms with Gasteiger partial charge in [-0.3, -0.25) is 10.1 Å². The van der Waals surface area contributed by atoms with E-state index in [1.54, 1.807) is 38.1 Å². The fourth-order valence-electron chi connectivity index (χ4n) is 2.30. The van der Waals surface area contributed by atoms with Crippen LogP contribution < -0.4 is 15.4 Å². The molecule has 0 spiro atoms. The first-order valence-corrected chi connectivity index (χ1v) is 9.27. The molecule has 0 heterocycles. The lowest BCUT2D eigenvalue weighted by Crippen LogP contribution is -2.37. The van der Waals surface area contributed by atoms with Crippen molar-refractivity contribution in [2.45, 2.75) is 33.8 Å². The van der Waals surface area contributed by atoms with E-state index >= 15 is 0 Å². The molecular weight excluding hydrogens is 376 g/mol. The van der Waals surface area contributed by atoms with E-state index in [1.807, 2.05) is 32.0 Å². The molecule has 0 aliphatic heterocycles. The number of nitrogens with one attached hydrogen (secondary N) is 2. The summed E-state index contributed by atoms with van der Waals surface area (Å²) in [7, 11) is 0. The van der Waals surface area contributed by atoms with E-state index in [0.29, 0.717) is 17.0 Å². The van der Waals surface area contributed by atoms with E-state index in [-0.39, 0.29) is 29.7 Å². The van der Waals surface area contributed by atoms with Crippen molar-refractivity contribution < 1.29 is 19.1 Å². The van der Waals surface area contributed by atoms with Gasteiger partial charge in [0, 0.05) is 5.69 Å². The fraction of sp³-hybridized carbons (Fsp3) is 0.286. The summed E-state index contributed by atoms with van der Waals surface area (Å²) in [6, 6.07) is 12.4. The highest BCUT2D eigenvalue weighted by molar-refractivity contribution is 7.80. The average molecular weight is 401 g/mol. The first kappa shape index (κ1) is 21.4. The summed E-state index contributed by atoms with van der Waals surface area (Å²) < 4.78 is 10.7. The van der Waals surface area contributed by atoms with Crippen LogP contribution in [0.15, 0.2) is 42.5 Å². The molecule has 0 radical (unpaired) electrons.